The van der Waals surface area contributed by atoms with E-state index in [4.69, 9.17) is 0 Å². The second kappa shape index (κ2) is 4.70. The van der Waals surface area contributed by atoms with Crippen LogP contribution in [0.15, 0.2) is 0 Å². The number of hydrogen-bond donors (Lipinski definition) is 2. The minimum Gasteiger partial charge on any atom is -0.360 e. The average molecular weight is 212 g/mol. The topological polar surface area (TPSA) is 49.8 Å². The number of aryl methyl sites for hydroxylation is 1. The molecule has 0 amide bonds. The highest BCUT2D eigenvalue weighted by Gasteiger charge is 2.13. The molecule has 78 valence electrons. The van der Waals surface area contributed by atoms with E-state index in [0.29, 0.717) is 6.04 Å². The highest BCUT2D eigenvalue weighted by molar-refractivity contribution is 7.09. The summed E-state index contributed by atoms with van der Waals surface area (Å²) in [6.45, 7) is 4.09. The Labute approximate surface area is 88.3 Å². The summed E-state index contributed by atoms with van der Waals surface area (Å²) in [6.07, 6.45) is 3.82. The highest BCUT2D eigenvalue weighted by atomic mass is 32.1. The summed E-state index contributed by atoms with van der Waals surface area (Å²) >= 11 is 1.44. The maximum Gasteiger partial charge on any atom is 0.202 e. The lowest BCUT2D eigenvalue weighted by molar-refractivity contribution is 0.574. The van der Waals surface area contributed by atoms with Gasteiger partial charge in [0.25, 0.3) is 0 Å². The Balaban J connectivity index is 1.67. The molecule has 1 atom stereocenters. The van der Waals surface area contributed by atoms with Gasteiger partial charge in [-0.15, -0.1) is 0 Å². The molecule has 0 aromatic carbocycles. The highest BCUT2D eigenvalue weighted by Crippen LogP contribution is 2.12. The van der Waals surface area contributed by atoms with Gasteiger partial charge in [-0.3, -0.25) is 0 Å². The second-order valence-electron chi connectivity index (χ2n) is 3.66. The van der Waals surface area contributed by atoms with Crippen LogP contribution in [0.3, 0.4) is 0 Å². The van der Waals surface area contributed by atoms with Gasteiger partial charge in [-0.25, -0.2) is 4.98 Å². The molecule has 1 saturated heterocycles. The molecule has 0 unspecified atom stereocenters. The maximum atomic E-state index is 4.25. The molecule has 1 fully saturated rings. The van der Waals surface area contributed by atoms with Crippen LogP contribution in [0.1, 0.15) is 25.1 Å². The van der Waals surface area contributed by atoms with Crippen LogP contribution < -0.4 is 10.6 Å². The molecular weight excluding hydrogens is 196 g/mol. The van der Waals surface area contributed by atoms with Crippen LogP contribution in [0.2, 0.25) is 0 Å². The zero-order chi connectivity index (χ0) is 9.80. The fourth-order valence-corrected chi connectivity index (χ4v) is 2.32. The summed E-state index contributed by atoms with van der Waals surface area (Å²) in [7, 11) is 0. The van der Waals surface area contributed by atoms with Crippen molar-refractivity contribution in [1.29, 1.82) is 0 Å². The molecule has 4 nitrogen and oxygen atoms in total. The first-order chi connectivity index (χ1) is 6.84. The van der Waals surface area contributed by atoms with Gasteiger partial charge in [-0.2, -0.15) is 4.37 Å². The molecule has 1 aromatic rings. The predicted molar refractivity (Wildman–Crippen MR) is 58.8 cm³/mol. The van der Waals surface area contributed by atoms with Crippen LogP contribution in [0.5, 0.6) is 0 Å². The second-order valence-corrected chi connectivity index (χ2v) is 4.41. The van der Waals surface area contributed by atoms with Gasteiger partial charge in [0.05, 0.1) is 0 Å². The largest absolute Gasteiger partial charge is 0.360 e. The van der Waals surface area contributed by atoms with Crippen LogP contribution in [-0.2, 0) is 0 Å². The minimum absolute atomic E-state index is 0.705. The predicted octanol–water partition coefficient (Wildman–Crippen LogP) is 1.40. The van der Waals surface area contributed by atoms with E-state index >= 15 is 0 Å². The van der Waals surface area contributed by atoms with Gasteiger partial charge in [0.2, 0.25) is 5.13 Å². The summed E-state index contributed by atoms with van der Waals surface area (Å²) < 4.78 is 4.12. The number of anilines is 1. The fourth-order valence-electron chi connectivity index (χ4n) is 1.73. The van der Waals surface area contributed by atoms with Crippen molar-refractivity contribution >= 4 is 16.7 Å². The van der Waals surface area contributed by atoms with E-state index in [1.54, 1.807) is 0 Å². The molecule has 1 aliphatic rings. The average Bonchev–Trinajstić information content (AvgIpc) is 2.77. The fraction of sp³-hybridized carbons (Fsp3) is 0.778. The van der Waals surface area contributed by atoms with Crippen molar-refractivity contribution < 1.29 is 0 Å². The number of rotatable bonds is 4. The van der Waals surface area contributed by atoms with Crippen molar-refractivity contribution in [2.45, 2.75) is 32.2 Å². The SMILES string of the molecule is Cc1nsc(NCC[C@H]2CCCN2)n1. The Morgan fingerprint density at radius 2 is 2.57 bits per heavy atom. The van der Waals surface area contributed by atoms with Gasteiger partial charge in [0.15, 0.2) is 0 Å². The number of nitrogens with zero attached hydrogens (tertiary/aromatic N) is 2. The van der Waals surface area contributed by atoms with Crippen LogP contribution in [0.4, 0.5) is 5.13 Å². The summed E-state index contributed by atoms with van der Waals surface area (Å²) in [6, 6.07) is 0.705. The van der Waals surface area contributed by atoms with Gasteiger partial charge in [-0.1, -0.05) is 0 Å². The number of nitrogens with one attached hydrogen (secondary N) is 2. The van der Waals surface area contributed by atoms with E-state index in [0.717, 1.165) is 17.5 Å². The molecule has 2 N–H and O–H groups in total. The van der Waals surface area contributed by atoms with Crippen molar-refractivity contribution in [1.82, 2.24) is 14.7 Å². The lowest BCUT2D eigenvalue weighted by Crippen LogP contribution is -2.24. The minimum atomic E-state index is 0.705. The number of aromatic nitrogens is 2. The van der Waals surface area contributed by atoms with Gasteiger partial charge < -0.3 is 10.6 Å². The van der Waals surface area contributed by atoms with Crippen LogP contribution in [0.25, 0.3) is 0 Å². The monoisotopic (exact) mass is 212 g/mol. The summed E-state index contributed by atoms with van der Waals surface area (Å²) in [5.41, 5.74) is 0. The van der Waals surface area contributed by atoms with Gasteiger partial charge in [0, 0.05) is 24.1 Å². The molecule has 0 bridgehead atoms. The zero-order valence-corrected chi connectivity index (χ0v) is 9.23. The molecule has 0 aliphatic carbocycles. The summed E-state index contributed by atoms with van der Waals surface area (Å²) in [5.74, 6) is 0.858. The smallest absolute Gasteiger partial charge is 0.202 e. The molecule has 5 heteroatoms. The maximum absolute atomic E-state index is 4.25. The van der Waals surface area contributed by atoms with E-state index in [1.807, 2.05) is 6.92 Å². The summed E-state index contributed by atoms with van der Waals surface area (Å²) in [5, 5.41) is 7.72. The van der Waals surface area contributed by atoms with Crippen molar-refractivity contribution in [3.63, 3.8) is 0 Å². The van der Waals surface area contributed by atoms with E-state index in [9.17, 15) is 0 Å². The Hall–Kier alpha value is -0.680. The van der Waals surface area contributed by atoms with Gasteiger partial charge >= 0.3 is 0 Å². The molecule has 1 aliphatic heterocycles. The third-order valence-corrected chi connectivity index (χ3v) is 3.22. The van der Waals surface area contributed by atoms with E-state index in [2.05, 4.69) is 20.0 Å². The molecule has 2 heterocycles. The van der Waals surface area contributed by atoms with Crippen molar-refractivity contribution in [3.8, 4) is 0 Å². The van der Waals surface area contributed by atoms with Crippen LogP contribution in [0, 0.1) is 6.92 Å². The molecule has 0 radical (unpaired) electrons. The third kappa shape index (κ3) is 2.65. The van der Waals surface area contributed by atoms with Gasteiger partial charge in [0.1, 0.15) is 5.82 Å². The lowest BCUT2D eigenvalue weighted by Gasteiger charge is -2.09. The molecule has 0 saturated carbocycles. The van der Waals surface area contributed by atoms with Crippen molar-refractivity contribution in [2.75, 3.05) is 18.4 Å². The Morgan fingerprint density at radius 3 is 3.21 bits per heavy atom. The normalized spacial score (nSPS) is 21.4. The van der Waals surface area contributed by atoms with E-state index in [-0.39, 0.29) is 0 Å². The summed E-state index contributed by atoms with van der Waals surface area (Å²) in [4.78, 5) is 4.25. The molecule has 14 heavy (non-hydrogen) atoms. The first-order valence-electron chi connectivity index (χ1n) is 5.12. The first-order valence-corrected chi connectivity index (χ1v) is 5.89. The van der Waals surface area contributed by atoms with E-state index in [1.165, 1.54) is 37.3 Å². The molecular formula is C9H16N4S. The lowest BCUT2D eigenvalue weighted by atomic mass is 10.2. The Kier molecular flexibility index (Phi) is 3.31. The van der Waals surface area contributed by atoms with Gasteiger partial charge in [-0.05, 0) is 32.7 Å². The molecule has 0 spiro atoms. The van der Waals surface area contributed by atoms with Crippen LogP contribution in [-0.4, -0.2) is 28.5 Å². The Morgan fingerprint density at radius 1 is 1.64 bits per heavy atom. The molecule has 2 rings (SSSR count). The first kappa shape index (κ1) is 9.86. The van der Waals surface area contributed by atoms with Crippen molar-refractivity contribution in [3.05, 3.63) is 5.82 Å². The third-order valence-electron chi connectivity index (χ3n) is 2.46. The Bertz CT molecular complexity index is 280. The molecule has 1 aromatic heterocycles. The quantitative estimate of drug-likeness (QED) is 0.792. The van der Waals surface area contributed by atoms with Crippen LogP contribution >= 0.6 is 11.5 Å². The zero-order valence-electron chi connectivity index (χ0n) is 8.42. The standard InChI is InChI=1S/C9H16N4S/c1-7-12-9(14-13-7)11-6-4-8-3-2-5-10-8/h8,10H,2-6H2,1H3,(H,11,12,13)/t8-/m1/s1. The van der Waals surface area contributed by atoms with Crippen molar-refractivity contribution in [2.24, 2.45) is 0 Å². The van der Waals surface area contributed by atoms with E-state index < -0.39 is 0 Å². The number of hydrogen-bond acceptors (Lipinski definition) is 5.